The Kier molecular flexibility index (Phi) is 2.46. The van der Waals surface area contributed by atoms with Gasteiger partial charge in [-0.3, -0.25) is 4.79 Å². The molecule has 0 amide bonds. The van der Waals surface area contributed by atoms with Gasteiger partial charge in [-0.05, 0) is 31.2 Å². The van der Waals surface area contributed by atoms with Crippen LogP contribution in [-0.2, 0) is 23.8 Å². The Labute approximate surface area is 144 Å². The predicted molar refractivity (Wildman–Crippen MR) is 82.1 cm³/mol. The Balaban J connectivity index is 1.48. The largest absolute Gasteiger partial charge is 0.472 e. The number of esters is 2. The molecule has 4 bridgehead atoms. The van der Waals surface area contributed by atoms with Crippen molar-refractivity contribution < 1.29 is 28.2 Å². The molecule has 2 saturated carbocycles. The van der Waals surface area contributed by atoms with E-state index in [1.807, 2.05) is 6.07 Å². The summed E-state index contributed by atoms with van der Waals surface area (Å²) in [7, 11) is 0. The number of carbonyl (C=O) groups excluding carboxylic acids is 2. The molecule has 8 atom stereocenters. The van der Waals surface area contributed by atoms with Gasteiger partial charge in [-0.1, -0.05) is 6.92 Å². The summed E-state index contributed by atoms with van der Waals surface area (Å²) >= 11 is 0. The highest BCUT2D eigenvalue weighted by atomic mass is 16.6. The standard InChI is InChI=1S/C19H20O6/c1-18-6-13(9-2-3-22-8-9)25-19(18)7-14(24-17(19)21)15-11-4-10(5-12(15)18)23-16(11)20/h2-3,8,10-15H,4-7H2,1H3/t10?,11?,12?,13?,14?,15?,18-,19+/m0/s1. The van der Waals surface area contributed by atoms with Crippen LogP contribution < -0.4 is 0 Å². The van der Waals surface area contributed by atoms with Crippen LogP contribution in [0.25, 0.3) is 0 Å². The number of ether oxygens (including phenoxy) is 3. The van der Waals surface area contributed by atoms with E-state index in [2.05, 4.69) is 6.92 Å². The summed E-state index contributed by atoms with van der Waals surface area (Å²) in [5.74, 6) is -0.235. The average molecular weight is 344 g/mol. The molecule has 4 heterocycles. The second kappa shape index (κ2) is 4.29. The number of carbonyl (C=O) groups is 2. The lowest BCUT2D eigenvalue weighted by Gasteiger charge is -2.51. The van der Waals surface area contributed by atoms with Crippen molar-refractivity contribution in [2.45, 2.75) is 56.5 Å². The third-order valence-corrected chi connectivity index (χ3v) is 7.66. The Morgan fingerprint density at radius 3 is 2.84 bits per heavy atom. The molecule has 1 aromatic heterocycles. The van der Waals surface area contributed by atoms with Gasteiger partial charge >= 0.3 is 11.9 Å². The number of hydrogen-bond donors (Lipinski definition) is 0. The third-order valence-electron chi connectivity index (χ3n) is 7.66. The summed E-state index contributed by atoms with van der Waals surface area (Å²) in [6.45, 7) is 2.16. The van der Waals surface area contributed by atoms with Gasteiger partial charge in [0, 0.05) is 23.3 Å². The molecule has 1 spiro atoms. The van der Waals surface area contributed by atoms with Crippen LogP contribution in [0.1, 0.15) is 44.3 Å². The van der Waals surface area contributed by atoms with Crippen LogP contribution in [-0.4, -0.2) is 29.7 Å². The molecule has 0 N–H and O–H groups in total. The Bertz CT molecular complexity index is 771. The lowest BCUT2D eigenvalue weighted by molar-refractivity contribution is -0.169. The fraction of sp³-hybridized carbons (Fsp3) is 0.684. The molecule has 2 aliphatic carbocycles. The van der Waals surface area contributed by atoms with Crippen LogP contribution in [0.5, 0.6) is 0 Å². The first-order chi connectivity index (χ1) is 12.0. The summed E-state index contributed by atoms with van der Waals surface area (Å²) in [5.41, 5.74) is -0.293. The van der Waals surface area contributed by atoms with Crippen molar-refractivity contribution in [1.29, 1.82) is 0 Å². The third kappa shape index (κ3) is 1.52. The smallest absolute Gasteiger partial charge is 0.339 e. The summed E-state index contributed by atoms with van der Waals surface area (Å²) in [6, 6.07) is 1.90. The van der Waals surface area contributed by atoms with Crippen molar-refractivity contribution in [3.05, 3.63) is 24.2 Å². The highest BCUT2D eigenvalue weighted by Crippen LogP contribution is 2.69. The zero-order valence-corrected chi connectivity index (χ0v) is 14.0. The molecule has 0 radical (unpaired) electrons. The average Bonchev–Trinajstić information content (AvgIpc) is 3.31. The van der Waals surface area contributed by atoms with Crippen LogP contribution in [0.3, 0.4) is 0 Å². The molecular formula is C19H20O6. The molecule has 6 heteroatoms. The van der Waals surface area contributed by atoms with E-state index in [9.17, 15) is 9.59 Å². The zero-order valence-electron chi connectivity index (χ0n) is 14.0. The van der Waals surface area contributed by atoms with Gasteiger partial charge in [0.05, 0.1) is 24.5 Å². The molecule has 5 aliphatic rings. The second-order valence-electron chi connectivity index (χ2n) is 8.58. The minimum atomic E-state index is -0.902. The van der Waals surface area contributed by atoms with Gasteiger partial charge < -0.3 is 18.6 Å². The van der Waals surface area contributed by atoms with Crippen molar-refractivity contribution in [3.8, 4) is 0 Å². The van der Waals surface area contributed by atoms with E-state index >= 15 is 0 Å². The van der Waals surface area contributed by atoms with Gasteiger partial charge in [-0.15, -0.1) is 0 Å². The number of rotatable bonds is 1. The zero-order chi connectivity index (χ0) is 17.0. The van der Waals surface area contributed by atoms with E-state index < -0.39 is 5.60 Å². The summed E-state index contributed by atoms with van der Waals surface area (Å²) < 4.78 is 23.0. The number of hydrogen-bond acceptors (Lipinski definition) is 6. The quantitative estimate of drug-likeness (QED) is 0.728. The first-order valence-corrected chi connectivity index (χ1v) is 9.13. The molecule has 6 unspecified atom stereocenters. The SMILES string of the molecule is C[C@@]12CC(c3ccoc3)O[C@@]13CC(OC3=O)C1C3CC(CC12)OC3=O. The minimum Gasteiger partial charge on any atom is -0.472 e. The minimum absolute atomic E-state index is 0.0202. The molecule has 1 aromatic rings. The van der Waals surface area contributed by atoms with Gasteiger partial charge in [0.1, 0.15) is 12.2 Å². The molecule has 3 saturated heterocycles. The maximum Gasteiger partial charge on any atom is 0.339 e. The lowest BCUT2D eigenvalue weighted by atomic mass is 9.49. The van der Waals surface area contributed by atoms with Crippen molar-refractivity contribution in [1.82, 2.24) is 0 Å². The van der Waals surface area contributed by atoms with Crippen LogP contribution in [0, 0.1) is 23.2 Å². The van der Waals surface area contributed by atoms with E-state index in [1.54, 1.807) is 12.5 Å². The molecule has 0 aromatic carbocycles. The van der Waals surface area contributed by atoms with E-state index in [-0.39, 0.29) is 53.4 Å². The van der Waals surface area contributed by atoms with Crippen LogP contribution >= 0.6 is 0 Å². The van der Waals surface area contributed by atoms with E-state index in [1.165, 1.54) is 0 Å². The normalized spacial score (nSPS) is 52.5. The van der Waals surface area contributed by atoms with E-state index in [4.69, 9.17) is 18.6 Å². The fourth-order valence-electron chi connectivity index (χ4n) is 6.54. The monoisotopic (exact) mass is 344 g/mol. The van der Waals surface area contributed by atoms with Crippen molar-refractivity contribution in [2.24, 2.45) is 23.2 Å². The fourth-order valence-corrected chi connectivity index (χ4v) is 6.54. The molecular weight excluding hydrogens is 324 g/mol. The summed E-state index contributed by atoms with van der Waals surface area (Å²) in [6.07, 6.45) is 5.75. The van der Waals surface area contributed by atoms with Crippen LogP contribution in [0.2, 0.25) is 0 Å². The highest BCUT2D eigenvalue weighted by Gasteiger charge is 2.76. The van der Waals surface area contributed by atoms with Crippen molar-refractivity contribution >= 4 is 11.9 Å². The molecule has 132 valence electrons. The van der Waals surface area contributed by atoms with Crippen LogP contribution in [0.15, 0.2) is 23.0 Å². The highest BCUT2D eigenvalue weighted by molar-refractivity contribution is 5.85. The first kappa shape index (κ1) is 14.4. The first-order valence-electron chi connectivity index (χ1n) is 9.13. The van der Waals surface area contributed by atoms with Gasteiger partial charge in [-0.2, -0.15) is 0 Å². The number of fused-ring (bicyclic) bond motifs is 7. The maximum absolute atomic E-state index is 12.9. The van der Waals surface area contributed by atoms with Gasteiger partial charge in [0.2, 0.25) is 0 Å². The Morgan fingerprint density at radius 2 is 2.04 bits per heavy atom. The summed E-state index contributed by atoms with van der Waals surface area (Å²) in [4.78, 5) is 25.2. The van der Waals surface area contributed by atoms with E-state index in [0.29, 0.717) is 6.42 Å². The Morgan fingerprint density at radius 1 is 1.16 bits per heavy atom. The molecule has 5 fully saturated rings. The van der Waals surface area contributed by atoms with Gasteiger partial charge in [-0.25, -0.2) is 4.79 Å². The Hall–Kier alpha value is -1.82. The van der Waals surface area contributed by atoms with Gasteiger partial charge in [0.15, 0.2) is 5.60 Å². The summed E-state index contributed by atoms with van der Waals surface area (Å²) in [5, 5.41) is 0. The molecule has 3 aliphatic heterocycles. The molecule has 6 rings (SSSR count). The topological polar surface area (TPSA) is 75.0 Å². The molecule has 25 heavy (non-hydrogen) atoms. The lowest BCUT2D eigenvalue weighted by Crippen LogP contribution is -2.59. The predicted octanol–water partition coefficient (Wildman–Crippen LogP) is 2.38. The maximum atomic E-state index is 12.9. The van der Waals surface area contributed by atoms with E-state index in [0.717, 1.165) is 24.8 Å². The second-order valence-corrected chi connectivity index (χ2v) is 8.58. The van der Waals surface area contributed by atoms with Gasteiger partial charge in [0.25, 0.3) is 0 Å². The molecule has 6 nitrogen and oxygen atoms in total. The van der Waals surface area contributed by atoms with Crippen molar-refractivity contribution in [2.75, 3.05) is 0 Å². The number of furan rings is 1. The van der Waals surface area contributed by atoms with Crippen LogP contribution in [0.4, 0.5) is 0 Å². The van der Waals surface area contributed by atoms with Crippen molar-refractivity contribution in [3.63, 3.8) is 0 Å².